The Morgan fingerprint density at radius 2 is 1.88 bits per heavy atom. The van der Waals surface area contributed by atoms with Crippen LogP contribution in [0.5, 0.6) is 5.75 Å². The molecule has 2 N–H and O–H groups in total. The van der Waals surface area contributed by atoms with Gasteiger partial charge in [0.2, 0.25) is 0 Å². The van der Waals surface area contributed by atoms with E-state index in [-0.39, 0.29) is 11.3 Å². The van der Waals surface area contributed by atoms with Crippen LogP contribution in [0.25, 0.3) is 0 Å². The Bertz CT molecular complexity index is 1150. The summed E-state index contributed by atoms with van der Waals surface area (Å²) in [5.41, 5.74) is -1.30. The highest BCUT2D eigenvalue weighted by Crippen LogP contribution is 2.43. The van der Waals surface area contributed by atoms with Crippen LogP contribution in [0.3, 0.4) is 0 Å². The number of hydrogen-bond acceptors (Lipinski definition) is 5. The van der Waals surface area contributed by atoms with Gasteiger partial charge in [-0.3, -0.25) is 0 Å². The molecular weight excluding hydrogens is 488 g/mol. The number of H-pyrrole nitrogens is 1. The van der Waals surface area contributed by atoms with Crippen molar-refractivity contribution in [1.29, 1.82) is 0 Å². The Hall–Kier alpha value is -3.22. The van der Waals surface area contributed by atoms with Crippen molar-refractivity contribution in [2.45, 2.75) is 35.8 Å². The van der Waals surface area contributed by atoms with E-state index in [1.807, 2.05) is 0 Å². The van der Waals surface area contributed by atoms with Crippen LogP contribution in [-0.4, -0.2) is 39.3 Å². The van der Waals surface area contributed by atoms with Crippen LogP contribution in [0.2, 0.25) is 0 Å². The summed E-state index contributed by atoms with van der Waals surface area (Å²) in [7, 11) is 0. The molecule has 1 heterocycles. The average Bonchev–Trinajstić information content (AvgIpc) is 3.24. The molecule has 0 spiro atoms. The highest BCUT2D eigenvalue weighted by atomic mass is 32.2. The van der Waals surface area contributed by atoms with Crippen LogP contribution < -0.4 is 4.74 Å². The zero-order chi connectivity index (χ0) is 25.1. The first kappa shape index (κ1) is 25.4. The van der Waals surface area contributed by atoms with E-state index in [2.05, 4.69) is 15.4 Å². The Labute approximate surface area is 193 Å². The quantitative estimate of drug-likeness (QED) is 0.307. The molecule has 0 saturated heterocycles. The molecule has 0 aliphatic heterocycles. The van der Waals surface area contributed by atoms with Gasteiger partial charge in [-0.05, 0) is 47.9 Å². The number of carboxylic acid groups (broad SMARTS) is 1. The van der Waals surface area contributed by atoms with Crippen molar-refractivity contribution in [3.05, 3.63) is 70.5 Å². The van der Waals surface area contributed by atoms with Gasteiger partial charge in [0.15, 0.2) is 6.61 Å². The van der Waals surface area contributed by atoms with Crippen molar-refractivity contribution in [3.63, 3.8) is 0 Å². The fourth-order valence-corrected chi connectivity index (χ4v) is 4.34. The molecule has 34 heavy (non-hydrogen) atoms. The molecule has 2 aromatic carbocycles. The normalized spacial score (nSPS) is 13.0. The van der Waals surface area contributed by atoms with E-state index in [4.69, 9.17) is 9.84 Å². The fourth-order valence-electron chi connectivity index (χ4n) is 3.16. The second-order valence-corrected chi connectivity index (χ2v) is 8.39. The Balaban J connectivity index is 1.98. The highest BCUT2D eigenvalue weighted by Gasteiger charge is 2.38. The first-order valence-corrected chi connectivity index (χ1v) is 10.5. The lowest BCUT2D eigenvalue weighted by atomic mass is 9.98. The van der Waals surface area contributed by atoms with Crippen LogP contribution in [-0.2, 0) is 17.4 Å². The van der Waals surface area contributed by atoms with Crippen molar-refractivity contribution in [3.8, 4) is 5.75 Å². The summed E-state index contributed by atoms with van der Waals surface area (Å²) in [5.74, 6) is -0.834. The maximum absolute atomic E-state index is 13.6. The molecule has 1 aromatic heterocycles. The van der Waals surface area contributed by atoms with Gasteiger partial charge in [-0.1, -0.05) is 12.1 Å². The number of aromatic nitrogens is 3. The molecule has 3 aromatic rings. The number of alkyl halides is 6. The van der Waals surface area contributed by atoms with Crippen molar-refractivity contribution in [2.75, 3.05) is 6.61 Å². The molecule has 3 rings (SSSR count). The summed E-state index contributed by atoms with van der Waals surface area (Å²) in [6.07, 6.45) is -10.2. The van der Waals surface area contributed by atoms with Gasteiger partial charge in [0.05, 0.1) is 23.4 Å². The number of hydrogen-bond donors (Lipinski definition) is 2. The molecule has 0 amide bonds. The molecule has 0 fully saturated rings. The Kier molecular flexibility index (Phi) is 7.44. The maximum Gasteiger partial charge on any atom is 0.416 e. The van der Waals surface area contributed by atoms with E-state index in [0.717, 1.165) is 17.8 Å². The fraction of sp³-hybridized carbons (Fsp3) is 0.286. The minimum absolute atomic E-state index is 0.0843. The van der Waals surface area contributed by atoms with Gasteiger partial charge in [-0.25, -0.2) is 4.79 Å². The lowest BCUT2D eigenvalue weighted by Gasteiger charge is -2.20. The molecule has 0 aliphatic carbocycles. The number of thioether (sulfide) groups is 1. The Morgan fingerprint density at radius 3 is 2.44 bits per heavy atom. The van der Waals surface area contributed by atoms with Gasteiger partial charge in [0, 0.05) is 4.90 Å². The number of ether oxygens (including phenoxy) is 1. The molecule has 0 saturated carbocycles. The van der Waals surface area contributed by atoms with Crippen LogP contribution in [0.15, 0.2) is 47.5 Å². The number of carboxylic acids is 1. The number of rotatable bonds is 8. The van der Waals surface area contributed by atoms with Crippen molar-refractivity contribution < 1.29 is 41.0 Å². The molecule has 0 bridgehead atoms. The van der Waals surface area contributed by atoms with E-state index < -0.39 is 47.7 Å². The minimum Gasteiger partial charge on any atom is -0.482 e. The third kappa shape index (κ3) is 6.65. The topological polar surface area (TPSA) is 88.1 Å². The number of aryl methyl sites for hydroxylation is 1. The summed E-state index contributed by atoms with van der Waals surface area (Å²) < 4.78 is 84.4. The summed E-state index contributed by atoms with van der Waals surface area (Å²) in [6, 6.07) is 7.49. The van der Waals surface area contributed by atoms with Gasteiger partial charge in [0.1, 0.15) is 11.4 Å². The van der Waals surface area contributed by atoms with E-state index in [9.17, 15) is 31.1 Å². The standard InChI is InChI=1S/C21H17F6N3O3S/c1-11-6-14(4-5-17(11)33-10-18(31)32)34-19(16-9-28-30-29-16)12-2-3-13(8-20(22,23)24)15(7-12)21(25,26)27/h2-7,9,19H,8,10H2,1H3,(H,31,32)(H,28,29,30). The highest BCUT2D eigenvalue weighted by molar-refractivity contribution is 7.99. The first-order valence-electron chi connectivity index (χ1n) is 9.58. The molecule has 13 heteroatoms. The van der Waals surface area contributed by atoms with Crippen LogP contribution in [0.4, 0.5) is 26.3 Å². The number of nitrogens with zero attached hydrogens (tertiary/aromatic N) is 2. The van der Waals surface area contributed by atoms with Gasteiger partial charge in [-0.2, -0.15) is 41.8 Å². The lowest BCUT2D eigenvalue weighted by Crippen LogP contribution is -2.17. The molecule has 6 nitrogen and oxygen atoms in total. The second kappa shape index (κ2) is 9.95. The SMILES string of the molecule is Cc1cc(SC(c2ccc(CC(F)(F)F)c(C(F)(F)F)c2)c2cn[nH]n2)ccc1OCC(=O)O. The van der Waals surface area contributed by atoms with E-state index in [0.29, 0.717) is 22.3 Å². The second-order valence-electron chi connectivity index (χ2n) is 7.21. The van der Waals surface area contributed by atoms with Crippen molar-refractivity contribution in [2.24, 2.45) is 0 Å². The maximum atomic E-state index is 13.6. The van der Waals surface area contributed by atoms with Gasteiger partial charge in [-0.15, -0.1) is 11.8 Å². The summed E-state index contributed by atoms with van der Waals surface area (Å²) in [6.45, 7) is 1.12. The first-order chi connectivity index (χ1) is 15.8. The Morgan fingerprint density at radius 1 is 1.15 bits per heavy atom. The molecule has 1 atom stereocenters. The molecule has 1 unspecified atom stereocenters. The number of aromatic amines is 1. The number of benzene rings is 2. The monoisotopic (exact) mass is 505 g/mol. The van der Waals surface area contributed by atoms with E-state index >= 15 is 0 Å². The molecular formula is C21H17F6N3O3S. The summed E-state index contributed by atoms with van der Waals surface area (Å²) in [4.78, 5) is 11.3. The minimum atomic E-state index is -4.99. The summed E-state index contributed by atoms with van der Waals surface area (Å²) in [5, 5.41) is 17.9. The zero-order valence-electron chi connectivity index (χ0n) is 17.4. The number of nitrogens with one attached hydrogen (secondary N) is 1. The van der Waals surface area contributed by atoms with Gasteiger partial charge in [0.25, 0.3) is 0 Å². The van der Waals surface area contributed by atoms with E-state index in [1.54, 1.807) is 19.1 Å². The van der Waals surface area contributed by atoms with Gasteiger partial charge < -0.3 is 9.84 Å². The molecule has 0 radical (unpaired) electrons. The van der Waals surface area contributed by atoms with Crippen molar-refractivity contribution >= 4 is 17.7 Å². The smallest absolute Gasteiger partial charge is 0.416 e. The zero-order valence-corrected chi connectivity index (χ0v) is 18.2. The lowest BCUT2D eigenvalue weighted by molar-refractivity contribution is -0.143. The summed E-state index contributed by atoms with van der Waals surface area (Å²) >= 11 is 1.10. The predicted octanol–water partition coefficient (Wildman–Crippen LogP) is 5.58. The van der Waals surface area contributed by atoms with Gasteiger partial charge >= 0.3 is 18.3 Å². The largest absolute Gasteiger partial charge is 0.482 e. The van der Waals surface area contributed by atoms with E-state index in [1.165, 1.54) is 18.3 Å². The van der Waals surface area contributed by atoms with Crippen molar-refractivity contribution in [1.82, 2.24) is 15.4 Å². The van der Waals surface area contributed by atoms with Crippen LogP contribution in [0.1, 0.15) is 33.2 Å². The average molecular weight is 505 g/mol. The molecule has 0 aliphatic rings. The third-order valence-electron chi connectivity index (χ3n) is 4.59. The number of halogens is 6. The predicted molar refractivity (Wildman–Crippen MR) is 110 cm³/mol. The van der Waals surface area contributed by atoms with Crippen LogP contribution in [0, 0.1) is 6.92 Å². The van der Waals surface area contributed by atoms with Crippen LogP contribution >= 0.6 is 11.8 Å². The number of carbonyl (C=O) groups is 1. The molecule has 182 valence electrons. The number of aliphatic carboxylic acids is 1. The third-order valence-corrected chi connectivity index (χ3v) is 5.86.